The Morgan fingerprint density at radius 1 is 1.00 bits per heavy atom. The van der Waals surface area contributed by atoms with Gasteiger partial charge in [-0.15, -0.1) is 0 Å². The monoisotopic (exact) mass is 305 g/mol. The van der Waals surface area contributed by atoms with E-state index in [9.17, 15) is 0 Å². The van der Waals surface area contributed by atoms with E-state index in [-0.39, 0.29) is 0 Å². The van der Waals surface area contributed by atoms with E-state index in [2.05, 4.69) is 38.6 Å². The quantitative estimate of drug-likeness (QED) is 0.750. The molecule has 0 aliphatic rings. The predicted octanol–water partition coefficient (Wildman–Crippen LogP) is 3.84. The van der Waals surface area contributed by atoms with Crippen LogP contribution in [0.15, 0.2) is 54.9 Å². The molecule has 0 unspecified atom stereocenters. The van der Waals surface area contributed by atoms with Crippen molar-refractivity contribution in [3.63, 3.8) is 0 Å². The first-order chi connectivity index (χ1) is 11.2. The second-order valence-corrected chi connectivity index (χ2v) is 5.37. The van der Waals surface area contributed by atoms with E-state index in [1.807, 2.05) is 49.5 Å². The minimum Gasteiger partial charge on any atom is -0.350 e. The molecule has 2 aromatic heterocycles. The normalized spacial score (nSPS) is 10.3. The Kier molecular flexibility index (Phi) is 4.47. The van der Waals surface area contributed by atoms with Gasteiger partial charge in [0.25, 0.3) is 0 Å². The first-order valence-electron chi connectivity index (χ1n) is 7.52. The van der Waals surface area contributed by atoms with Gasteiger partial charge in [-0.05, 0) is 37.1 Å². The molecule has 0 atom stereocenters. The molecule has 23 heavy (non-hydrogen) atoms. The molecule has 0 bridgehead atoms. The summed E-state index contributed by atoms with van der Waals surface area (Å²) < 4.78 is 0. The van der Waals surface area contributed by atoms with Crippen molar-refractivity contribution in [1.29, 1.82) is 0 Å². The highest BCUT2D eigenvalue weighted by Gasteiger charge is 2.04. The Morgan fingerprint density at radius 3 is 2.65 bits per heavy atom. The Bertz CT molecular complexity index is 786. The minimum absolute atomic E-state index is 0.602. The second kappa shape index (κ2) is 6.87. The van der Waals surface area contributed by atoms with E-state index in [0.717, 1.165) is 22.8 Å². The highest BCUT2D eigenvalue weighted by Crippen LogP contribution is 2.20. The van der Waals surface area contributed by atoms with Crippen molar-refractivity contribution < 1.29 is 0 Å². The van der Waals surface area contributed by atoms with Crippen molar-refractivity contribution in [3.8, 4) is 0 Å². The summed E-state index contributed by atoms with van der Waals surface area (Å²) in [6, 6.07) is 14.0. The summed E-state index contributed by atoms with van der Waals surface area (Å²) in [6.07, 6.45) is 3.59. The standard InChI is InChI=1S/C18H19N5/c1-13-6-3-4-8-16(13)22-17-10-14(2)21-18(23-17)20-12-15-7-5-9-19-11-15/h3-11H,12H2,1-2H3,(H2,20,21,22,23). The van der Waals surface area contributed by atoms with E-state index in [4.69, 9.17) is 0 Å². The number of aryl methyl sites for hydroxylation is 2. The van der Waals surface area contributed by atoms with Gasteiger partial charge in [0.1, 0.15) is 5.82 Å². The van der Waals surface area contributed by atoms with Crippen LogP contribution >= 0.6 is 0 Å². The molecule has 0 aliphatic heterocycles. The van der Waals surface area contributed by atoms with E-state index in [1.165, 1.54) is 5.56 Å². The summed E-state index contributed by atoms with van der Waals surface area (Å²) in [7, 11) is 0. The number of hydrogen-bond donors (Lipinski definition) is 2. The molecule has 0 spiro atoms. The van der Waals surface area contributed by atoms with Crippen molar-refractivity contribution in [2.24, 2.45) is 0 Å². The number of rotatable bonds is 5. The van der Waals surface area contributed by atoms with Gasteiger partial charge in [0.05, 0.1) is 0 Å². The van der Waals surface area contributed by atoms with Crippen LogP contribution < -0.4 is 10.6 Å². The number of nitrogens with zero attached hydrogens (tertiary/aromatic N) is 3. The molecule has 3 aromatic rings. The first kappa shape index (κ1) is 15.0. The third-order valence-electron chi connectivity index (χ3n) is 3.44. The van der Waals surface area contributed by atoms with Crippen molar-refractivity contribution >= 4 is 17.5 Å². The molecule has 2 N–H and O–H groups in total. The van der Waals surface area contributed by atoms with E-state index in [1.54, 1.807) is 6.20 Å². The largest absolute Gasteiger partial charge is 0.350 e. The number of benzene rings is 1. The lowest BCUT2D eigenvalue weighted by Gasteiger charge is -2.11. The Morgan fingerprint density at radius 2 is 1.87 bits per heavy atom. The molecule has 116 valence electrons. The van der Waals surface area contributed by atoms with Gasteiger partial charge in [-0.1, -0.05) is 24.3 Å². The Balaban J connectivity index is 1.75. The van der Waals surface area contributed by atoms with Crippen LogP contribution in [0.3, 0.4) is 0 Å². The van der Waals surface area contributed by atoms with Crippen LogP contribution in [0, 0.1) is 13.8 Å². The molecule has 0 fully saturated rings. The molecule has 0 saturated carbocycles. The third kappa shape index (κ3) is 4.03. The SMILES string of the molecule is Cc1cc(Nc2ccccc2C)nc(NCc2cccnc2)n1. The molecule has 3 rings (SSSR count). The number of pyridine rings is 1. The van der Waals surface area contributed by atoms with Crippen LogP contribution in [0.25, 0.3) is 0 Å². The highest BCUT2D eigenvalue weighted by molar-refractivity contribution is 5.61. The molecule has 5 nitrogen and oxygen atoms in total. The van der Waals surface area contributed by atoms with Crippen LogP contribution in [0.4, 0.5) is 17.5 Å². The van der Waals surface area contributed by atoms with Gasteiger partial charge in [0.2, 0.25) is 5.95 Å². The van der Waals surface area contributed by atoms with Crippen molar-refractivity contribution in [1.82, 2.24) is 15.0 Å². The fourth-order valence-electron chi connectivity index (χ4n) is 2.25. The van der Waals surface area contributed by atoms with E-state index in [0.29, 0.717) is 12.5 Å². The third-order valence-corrected chi connectivity index (χ3v) is 3.44. The average Bonchev–Trinajstić information content (AvgIpc) is 2.56. The van der Waals surface area contributed by atoms with E-state index >= 15 is 0 Å². The molecular formula is C18H19N5. The summed E-state index contributed by atoms with van der Waals surface area (Å²) in [5.41, 5.74) is 4.22. The fourth-order valence-corrected chi connectivity index (χ4v) is 2.25. The minimum atomic E-state index is 0.602. The van der Waals surface area contributed by atoms with Gasteiger partial charge < -0.3 is 10.6 Å². The lowest BCUT2D eigenvalue weighted by molar-refractivity contribution is 1.02. The number of nitrogens with one attached hydrogen (secondary N) is 2. The van der Waals surface area contributed by atoms with Crippen LogP contribution in [0.2, 0.25) is 0 Å². The maximum absolute atomic E-state index is 4.53. The molecule has 2 heterocycles. The molecule has 1 aromatic carbocycles. The van der Waals surface area contributed by atoms with Gasteiger partial charge in [-0.25, -0.2) is 4.98 Å². The molecule has 0 saturated heterocycles. The summed E-state index contributed by atoms with van der Waals surface area (Å²) >= 11 is 0. The van der Waals surface area contributed by atoms with Gasteiger partial charge >= 0.3 is 0 Å². The number of anilines is 3. The molecule has 0 radical (unpaired) electrons. The van der Waals surface area contributed by atoms with Crippen molar-refractivity contribution in [3.05, 3.63) is 71.7 Å². The zero-order chi connectivity index (χ0) is 16.1. The first-order valence-corrected chi connectivity index (χ1v) is 7.52. The van der Waals surface area contributed by atoms with Gasteiger partial charge in [-0.2, -0.15) is 4.98 Å². The topological polar surface area (TPSA) is 62.7 Å². The second-order valence-electron chi connectivity index (χ2n) is 5.37. The maximum atomic E-state index is 4.53. The smallest absolute Gasteiger partial charge is 0.225 e. The van der Waals surface area contributed by atoms with Crippen LogP contribution in [-0.4, -0.2) is 15.0 Å². The average molecular weight is 305 g/mol. The molecule has 0 aliphatic carbocycles. The maximum Gasteiger partial charge on any atom is 0.225 e. The van der Waals surface area contributed by atoms with Crippen molar-refractivity contribution in [2.75, 3.05) is 10.6 Å². The van der Waals surface area contributed by atoms with Crippen LogP contribution in [-0.2, 0) is 6.54 Å². The Hall–Kier alpha value is -2.95. The fraction of sp³-hybridized carbons (Fsp3) is 0.167. The van der Waals surface area contributed by atoms with Crippen molar-refractivity contribution in [2.45, 2.75) is 20.4 Å². The zero-order valence-corrected chi connectivity index (χ0v) is 13.2. The van der Waals surface area contributed by atoms with Crippen LogP contribution in [0.5, 0.6) is 0 Å². The number of para-hydroxylation sites is 1. The summed E-state index contributed by atoms with van der Waals surface area (Å²) in [5.74, 6) is 1.38. The zero-order valence-electron chi connectivity index (χ0n) is 13.2. The molecule has 0 amide bonds. The highest BCUT2D eigenvalue weighted by atomic mass is 15.1. The van der Waals surface area contributed by atoms with E-state index < -0.39 is 0 Å². The Labute approximate surface area is 135 Å². The van der Waals surface area contributed by atoms with Gasteiger partial charge in [-0.3, -0.25) is 4.98 Å². The predicted molar refractivity (Wildman–Crippen MR) is 92.8 cm³/mol. The molecule has 5 heteroatoms. The summed E-state index contributed by atoms with van der Waals surface area (Å²) in [6.45, 7) is 4.67. The molecular weight excluding hydrogens is 286 g/mol. The number of aromatic nitrogens is 3. The number of hydrogen-bond acceptors (Lipinski definition) is 5. The van der Waals surface area contributed by atoms with Crippen LogP contribution in [0.1, 0.15) is 16.8 Å². The lowest BCUT2D eigenvalue weighted by Crippen LogP contribution is -2.06. The van der Waals surface area contributed by atoms with Gasteiger partial charge in [0, 0.05) is 36.4 Å². The summed E-state index contributed by atoms with van der Waals surface area (Å²) in [5, 5.41) is 6.59. The summed E-state index contributed by atoms with van der Waals surface area (Å²) in [4.78, 5) is 13.1. The lowest BCUT2D eigenvalue weighted by atomic mass is 10.2. The van der Waals surface area contributed by atoms with Gasteiger partial charge in [0.15, 0.2) is 0 Å².